The number of aliphatic carboxylic acids is 1. The quantitative estimate of drug-likeness (QED) is 0.626. The van der Waals surface area contributed by atoms with Crippen molar-refractivity contribution in [3.63, 3.8) is 0 Å². The van der Waals surface area contributed by atoms with Crippen molar-refractivity contribution < 1.29 is 19.0 Å². The van der Waals surface area contributed by atoms with E-state index in [0.717, 1.165) is 25.9 Å². The van der Waals surface area contributed by atoms with Crippen molar-refractivity contribution in [3.05, 3.63) is 49.1 Å². The zero-order valence-corrected chi connectivity index (χ0v) is 12.4. The summed E-state index contributed by atoms with van der Waals surface area (Å²) >= 11 is 0. The highest BCUT2D eigenvalue weighted by molar-refractivity contribution is 5.66. The van der Waals surface area contributed by atoms with Crippen LogP contribution >= 0.6 is 0 Å². The highest BCUT2D eigenvalue weighted by Crippen LogP contribution is 2.15. The maximum Gasteiger partial charge on any atom is 0.303 e. The molecular formula is C17H22N2O2+2. The van der Waals surface area contributed by atoms with Crippen molar-refractivity contribution in [2.45, 2.75) is 39.3 Å². The Morgan fingerprint density at radius 3 is 1.95 bits per heavy atom. The number of aromatic nitrogens is 2. The van der Waals surface area contributed by atoms with E-state index >= 15 is 0 Å². The van der Waals surface area contributed by atoms with Crippen LogP contribution in [0.25, 0.3) is 11.1 Å². The molecule has 21 heavy (non-hydrogen) atoms. The van der Waals surface area contributed by atoms with Gasteiger partial charge in [-0.3, -0.25) is 4.79 Å². The zero-order chi connectivity index (χ0) is 15.1. The predicted octanol–water partition coefficient (Wildman–Crippen LogP) is 2.20. The Morgan fingerprint density at radius 2 is 1.48 bits per heavy atom. The first kappa shape index (κ1) is 15.2. The van der Waals surface area contributed by atoms with Crippen molar-refractivity contribution in [3.8, 4) is 11.1 Å². The van der Waals surface area contributed by atoms with Gasteiger partial charge in [0.25, 0.3) is 0 Å². The van der Waals surface area contributed by atoms with Crippen molar-refractivity contribution >= 4 is 5.97 Å². The Bertz CT molecular complexity index is 577. The lowest BCUT2D eigenvalue weighted by Crippen LogP contribution is -2.32. The lowest BCUT2D eigenvalue weighted by atomic mass is 10.1. The summed E-state index contributed by atoms with van der Waals surface area (Å²) < 4.78 is 4.23. The van der Waals surface area contributed by atoms with Gasteiger partial charge in [0.1, 0.15) is 13.1 Å². The smallest absolute Gasteiger partial charge is 0.303 e. The number of nitrogens with zero attached hydrogens (tertiary/aromatic N) is 2. The number of carboxylic acids is 1. The third-order valence-corrected chi connectivity index (χ3v) is 3.54. The molecule has 2 aromatic heterocycles. The molecule has 0 aliphatic carbocycles. The summed E-state index contributed by atoms with van der Waals surface area (Å²) in [5.41, 5.74) is 2.40. The van der Waals surface area contributed by atoms with E-state index in [4.69, 9.17) is 5.11 Å². The summed E-state index contributed by atoms with van der Waals surface area (Å²) in [6, 6.07) is 8.44. The van der Waals surface area contributed by atoms with E-state index in [-0.39, 0.29) is 6.42 Å². The second kappa shape index (κ2) is 7.53. The molecule has 0 unspecified atom stereocenters. The van der Waals surface area contributed by atoms with E-state index < -0.39 is 5.97 Å². The highest BCUT2D eigenvalue weighted by atomic mass is 16.4. The Morgan fingerprint density at radius 1 is 0.952 bits per heavy atom. The van der Waals surface area contributed by atoms with Gasteiger partial charge in [0, 0.05) is 37.1 Å². The van der Waals surface area contributed by atoms with Gasteiger partial charge in [-0.1, -0.05) is 0 Å². The monoisotopic (exact) mass is 286 g/mol. The molecule has 0 radical (unpaired) electrons. The number of aryl methyl sites for hydroxylation is 2. The van der Waals surface area contributed by atoms with Crippen molar-refractivity contribution in [1.82, 2.24) is 0 Å². The maximum atomic E-state index is 10.4. The van der Waals surface area contributed by atoms with Crippen LogP contribution < -0.4 is 9.13 Å². The average Bonchev–Trinajstić information content (AvgIpc) is 2.52. The van der Waals surface area contributed by atoms with Crippen LogP contribution in [0.2, 0.25) is 0 Å². The first-order valence-electron chi connectivity index (χ1n) is 7.39. The van der Waals surface area contributed by atoms with Gasteiger partial charge < -0.3 is 5.11 Å². The van der Waals surface area contributed by atoms with E-state index in [1.807, 2.05) is 0 Å². The first-order valence-corrected chi connectivity index (χ1v) is 7.39. The predicted molar refractivity (Wildman–Crippen MR) is 79.4 cm³/mol. The minimum atomic E-state index is -0.719. The number of hydrogen-bond donors (Lipinski definition) is 1. The third-order valence-electron chi connectivity index (χ3n) is 3.54. The topological polar surface area (TPSA) is 45.1 Å². The van der Waals surface area contributed by atoms with Crippen LogP contribution in [0.4, 0.5) is 0 Å². The molecule has 0 spiro atoms. The molecule has 0 atom stereocenters. The summed E-state index contributed by atoms with van der Waals surface area (Å²) in [5, 5.41) is 8.60. The second-order valence-corrected chi connectivity index (χ2v) is 5.09. The van der Waals surface area contributed by atoms with Crippen molar-refractivity contribution in [2.24, 2.45) is 0 Å². The zero-order valence-electron chi connectivity index (χ0n) is 12.4. The summed E-state index contributed by atoms with van der Waals surface area (Å²) in [5.74, 6) is -0.719. The summed E-state index contributed by atoms with van der Waals surface area (Å²) in [7, 11) is 0. The first-order chi connectivity index (χ1) is 10.2. The molecule has 0 aromatic carbocycles. The number of carbonyl (C=O) groups is 1. The molecule has 0 aliphatic heterocycles. The van der Waals surface area contributed by atoms with Gasteiger partial charge in [-0.2, -0.15) is 0 Å². The molecule has 0 saturated heterocycles. The van der Waals surface area contributed by atoms with E-state index in [1.54, 1.807) is 0 Å². The van der Waals surface area contributed by atoms with Crippen molar-refractivity contribution in [1.29, 1.82) is 0 Å². The third kappa shape index (κ3) is 4.67. The Kier molecular flexibility index (Phi) is 5.43. The standard InChI is InChI=1S/C17H21N2O2/c1-2-18-11-6-15(7-12-18)16-8-13-19(14-9-16)10-4-3-5-17(20)21/h6-9,11-14H,2-5,10H2,1H3/q+1/p+1. The molecule has 1 N–H and O–H groups in total. The molecule has 0 fully saturated rings. The van der Waals surface area contributed by atoms with Gasteiger partial charge >= 0.3 is 5.97 Å². The van der Waals surface area contributed by atoms with E-state index in [0.29, 0.717) is 0 Å². The van der Waals surface area contributed by atoms with Crippen LogP contribution in [-0.4, -0.2) is 11.1 Å². The molecule has 2 rings (SSSR count). The number of carboxylic acid groups (broad SMARTS) is 1. The molecular weight excluding hydrogens is 264 g/mol. The molecule has 0 aliphatic rings. The van der Waals surface area contributed by atoms with Crippen LogP contribution in [0.1, 0.15) is 26.2 Å². The normalized spacial score (nSPS) is 10.5. The number of rotatable bonds is 7. The van der Waals surface area contributed by atoms with Gasteiger partial charge in [0.05, 0.1) is 0 Å². The van der Waals surface area contributed by atoms with Crippen LogP contribution in [0.3, 0.4) is 0 Å². The SMILES string of the molecule is CC[n+]1ccc(-c2cc[n+](CCCCC(=O)O)cc2)cc1. The van der Waals surface area contributed by atoms with Crippen LogP contribution in [0, 0.1) is 0 Å². The summed E-state index contributed by atoms with van der Waals surface area (Å²) in [6.07, 6.45) is 10.1. The second-order valence-electron chi connectivity index (χ2n) is 5.09. The summed E-state index contributed by atoms with van der Waals surface area (Å²) in [6.45, 7) is 3.96. The number of hydrogen-bond acceptors (Lipinski definition) is 1. The lowest BCUT2D eigenvalue weighted by molar-refractivity contribution is -0.697. The number of pyridine rings is 2. The minimum Gasteiger partial charge on any atom is -0.481 e. The molecule has 2 aromatic rings. The average molecular weight is 286 g/mol. The van der Waals surface area contributed by atoms with Crippen LogP contribution in [0.15, 0.2) is 49.1 Å². The number of unbranched alkanes of at least 4 members (excludes halogenated alkanes) is 1. The minimum absolute atomic E-state index is 0.250. The fraction of sp³-hybridized carbons (Fsp3) is 0.353. The molecule has 4 heteroatoms. The lowest BCUT2D eigenvalue weighted by Gasteiger charge is -2.01. The van der Waals surface area contributed by atoms with E-state index in [1.165, 1.54) is 11.1 Å². The van der Waals surface area contributed by atoms with E-state index in [9.17, 15) is 4.79 Å². The molecule has 0 amide bonds. The Balaban J connectivity index is 1.93. The summed E-state index contributed by atoms with van der Waals surface area (Å²) in [4.78, 5) is 10.4. The Labute approximate surface area is 125 Å². The van der Waals surface area contributed by atoms with Gasteiger partial charge in [0.15, 0.2) is 24.8 Å². The van der Waals surface area contributed by atoms with Gasteiger partial charge in [0.2, 0.25) is 0 Å². The molecule has 4 nitrogen and oxygen atoms in total. The highest BCUT2D eigenvalue weighted by Gasteiger charge is 2.05. The largest absolute Gasteiger partial charge is 0.481 e. The molecule has 0 saturated carbocycles. The van der Waals surface area contributed by atoms with Crippen LogP contribution in [-0.2, 0) is 17.9 Å². The Hall–Kier alpha value is -2.23. The molecule has 2 heterocycles. The maximum absolute atomic E-state index is 10.4. The van der Waals surface area contributed by atoms with Crippen molar-refractivity contribution in [2.75, 3.05) is 0 Å². The fourth-order valence-corrected chi connectivity index (χ4v) is 2.23. The van der Waals surface area contributed by atoms with E-state index in [2.05, 4.69) is 65.1 Å². The van der Waals surface area contributed by atoms with Gasteiger partial charge in [-0.05, 0) is 24.5 Å². The van der Waals surface area contributed by atoms with Crippen LogP contribution in [0.5, 0.6) is 0 Å². The van der Waals surface area contributed by atoms with Gasteiger partial charge in [-0.15, -0.1) is 0 Å². The molecule has 110 valence electrons. The van der Waals surface area contributed by atoms with Gasteiger partial charge in [-0.25, -0.2) is 9.13 Å². The molecule has 0 bridgehead atoms. The fourth-order valence-electron chi connectivity index (χ4n) is 2.23.